The maximum absolute atomic E-state index is 12.3. The number of fused-ring (bicyclic) bond motifs is 2. The van der Waals surface area contributed by atoms with Gasteiger partial charge in [-0.2, -0.15) is 0 Å². The molecule has 1 aliphatic rings. The fraction of sp³-hybridized carbons (Fsp3) is 0.222. The second-order valence-corrected chi connectivity index (χ2v) is 8.02. The van der Waals surface area contributed by atoms with Crippen LogP contribution >= 0.6 is 0 Å². The molecule has 1 atom stereocenters. The minimum absolute atomic E-state index is 0.251. The number of rotatable bonds is 5. The summed E-state index contributed by atoms with van der Waals surface area (Å²) in [5, 5.41) is 1.28. The van der Waals surface area contributed by atoms with Crippen LogP contribution in [-0.2, 0) is 17.7 Å². The van der Waals surface area contributed by atoms with E-state index in [2.05, 4.69) is 76.7 Å². The first-order valence-electron chi connectivity index (χ1n) is 10.9. The van der Waals surface area contributed by atoms with Gasteiger partial charge in [-0.15, -0.1) is 0 Å². The summed E-state index contributed by atoms with van der Waals surface area (Å²) in [5.74, 6) is -0.251. The monoisotopic (exact) mass is 410 g/mol. The Morgan fingerprint density at radius 1 is 1.06 bits per heavy atom. The van der Waals surface area contributed by atoms with Crippen molar-refractivity contribution in [3.8, 4) is 0 Å². The number of esters is 1. The lowest BCUT2D eigenvalue weighted by Crippen LogP contribution is -2.32. The van der Waals surface area contributed by atoms with Gasteiger partial charge in [0.25, 0.3) is 0 Å². The van der Waals surface area contributed by atoms with E-state index in [9.17, 15) is 4.79 Å². The van der Waals surface area contributed by atoms with Crippen molar-refractivity contribution in [3.63, 3.8) is 0 Å². The first-order valence-corrected chi connectivity index (χ1v) is 10.9. The van der Waals surface area contributed by atoms with Crippen LogP contribution in [0.1, 0.15) is 46.4 Å². The number of ether oxygens (including phenoxy) is 1. The van der Waals surface area contributed by atoms with Gasteiger partial charge in [0.1, 0.15) is 0 Å². The number of anilines is 1. The molecule has 4 heteroatoms. The number of para-hydroxylation sites is 1. The second kappa shape index (κ2) is 8.31. The van der Waals surface area contributed by atoms with Crippen molar-refractivity contribution in [1.29, 1.82) is 0 Å². The third-order valence-corrected chi connectivity index (χ3v) is 6.14. The van der Waals surface area contributed by atoms with Crippen molar-refractivity contribution in [2.24, 2.45) is 0 Å². The Bertz CT molecular complexity index is 1210. The largest absolute Gasteiger partial charge is 0.462 e. The molecule has 0 radical (unpaired) electrons. The standard InChI is InChI=1S/C27H26N2O2/c1-2-31-27(30)21-13-14-25-20(16-21)12-15-26(29(25)18-19-8-4-3-5-9-19)23-17-28-24-11-7-6-10-22(23)24/h3-11,13-14,16-17,26,28H,2,12,15,18H2,1H3. The lowest BCUT2D eigenvalue weighted by atomic mass is 9.89. The molecule has 3 aromatic carbocycles. The number of aromatic nitrogens is 1. The van der Waals surface area contributed by atoms with E-state index in [1.54, 1.807) is 0 Å². The number of benzene rings is 3. The topological polar surface area (TPSA) is 45.3 Å². The van der Waals surface area contributed by atoms with Gasteiger partial charge < -0.3 is 14.6 Å². The molecule has 0 fully saturated rings. The maximum Gasteiger partial charge on any atom is 0.338 e. The van der Waals surface area contributed by atoms with Crippen LogP contribution in [0.4, 0.5) is 5.69 Å². The highest BCUT2D eigenvalue weighted by Crippen LogP contribution is 2.42. The zero-order chi connectivity index (χ0) is 21.2. The summed E-state index contributed by atoms with van der Waals surface area (Å²) in [6, 6.07) is 25.3. The van der Waals surface area contributed by atoms with Crippen molar-refractivity contribution in [2.45, 2.75) is 32.4 Å². The van der Waals surface area contributed by atoms with Gasteiger partial charge in [-0.1, -0.05) is 48.5 Å². The zero-order valence-electron chi connectivity index (χ0n) is 17.7. The first kappa shape index (κ1) is 19.4. The molecule has 0 bridgehead atoms. The van der Waals surface area contributed by atoms with Crippen LogP contribution in [0.5, 0.6) is 0 Å². The van der Waals surface area contributed by atoms with Gasteiger partial charge >= 0.3 is 5.97 Å². The molecule has 0 spiro atoms. The third-order valence-electron chi connectivity index (χ3n) is 6.14. The molecule has 1 N–H and O–H groups in total. The summed E-state index contributed by atoms with van der Waals surface area (Å²) < 4.78 is 5.21. The molecule has 1 unspecified atom stereocenters. The van der Waals surface area contributed by atoms with Crippen LogP contribution in [0, 0.1) is 0 Å². The molecule has 1 aliphatic heterocycles. The van der Waals surface area contributed by atoms with Crippen LogP contribution in [0.15, 0.2) is 79.0 Å². The molecule has 2 heterocycles. The molecular weight excluding hydrogens is 384 g/mol. The lowest BCUT2D eigenvalue weighted by Gasteiger charge is -2.39. The summed E-state index contributed by atoms with van der Waals surface area (Å²) in [6.45, 7) is 3.04. The highest BCUT2D eigenvalue weighted by molar-refractivity contribution is 5.90. The quantitative estimate of drug-likeness (QED) is 0.408. The minimum atomic E-state index is -0.251. The number of nitrogens with zero attached hydrogens (tertiary/aromatic N) is 1. The lowest BCUT2D eigenvalue weighted by molar-refractivity contribution is 0.0526. The van der Waals surface area contributed by atoms with Crippen LogP contribution in [0.3, 0.4) is 0 Å². The molecule has 0 amide bonds. The SMILES string of the molecule is CCOC(=O)c1ccc2c(c1)CCC(c1c[nH]c3ccccc13)N2Cc1ccccc1. The van der Waals surface area contributed by atoms with E-state index in [0.29, 0.717) is 12.2 Å². The van der Waals surface area contributed by atoms with Gasteiger partial charge in [-0.3, -0.25) is 0 Å². The van der Waals surface area contributed by atoms with Gasteiger partial charge in [0.2, 0.25) is 0 Å². The number of hydrogen-bond donors (Lipinski definition) is 1. The average Bonchev–Trinajstić information content (AvgIpc) is 3.24. The van der Waals surface area contributed by atoms with Crippen LogP contribution < -0.4 is 4.90 Å². The van der Waals surface area contributed by atoms with E-state index in [1.807, 2.05) is 19.1 Å². The summed E-state index contributed by atoms with van der Waals surface area (Å²) in [4.78, 5) is 18.2. The van der Waals surface area contributed by atoms with Crippen LogP contribution in [-0.4, -0.2) is 17.6 Å². The van der Waals surface area contributed by atoms with E-state index < -0.39 is 0 Å². The second-order valence-electron chi connectivity index (χ2n) is 8.02. The Kier molecular flexibility index (Phi) is 5.21. The Labute approximate surface area is 182 Å². The number of carbonyl (C=O) groups excluding carboxylic acids is 1. The molecule has 5 rings (SSSR count). The number of carbonyl (C=O) groups is 1. The third kappa shape index (κ3) is 3.70. The molecule has 4 aromatic rings. The number of nitrogens with one attached hydrogen (secondary N) is 1. The fourth-order valence-corrected chi connectivity index (χ4v) is 4.69. The van der Waals surface area contributed by atoms with Crippen molar-refractivity contribution in [1.82, 2.24) is 4.98 Å². The molecule has 0 saturated heterocycles. The Hall–Kier alpha value is -3.53. The summed E-state index contributed by atoms with van der Waals surface area (Å²) >= 11 is 0. The summed E-state index contributed by atoms with van der Waals surface area (Å²) in [7, 11) is 0. The Morgan fingerprint density at radius 3 is 2.71 bits per heavy atom. The fourth-order valence-electron chi connectivity index (χ4n) is 4.69. The Morgan fingerprint density at radius 2 is 1.87 bits per heavy atom. The highest BCUT2D eigenvalue weighted by atomic mass is 16.5. The number of aryl methyl sites for hydroxylation is 1. The van der Waals surface area contributed by atoms with Crippen LogP contribution in [0.2, 0.25) is 0 Å². The predicted molar refractivity (Wildman–Crippen MR) is 124 cm³/mol. The van der Waals surface area contributed by atoms with E-state index in [0.717, 1.165) is 19.4 Å². The number of H-pyrrole nitrogens is 1. The van der Waals surface area contributed by atoms with Gasteiger partial charge in [0.05, 0.1) is 18.2 Å². The van der Waals surface area contributed by atoms with Crippen molar-refractivity contribution < 1.29 is 9.53 Å². The molecule has 156 valence electrons. The smallest absolute Gasteiger partial charge is 0.338 e. The van der Waals surface area contributed by atoms with Crippen molar-refractivity contribution >= 4 is 22.6 Å². The predicted octanol–water partition coefficient (Wildman–Crippen LogP) is 6.04. The normalized spacial score (nSPS) is 15.6. The molecular formula is C27H26N2O2. The highest BCUT2D eigenvalue weighted by Gasteiger charge is 2.30. The Balaban J connectivity index is 1.57. The van der Waals surface area contributed by atoms with E-state index in [4.69, 9.17) is 4.74 Å². The summed E-state index contributed by atoms with van der Waals surface area (Å²) in [6.07, 6.45) is 4.08. The minimum Gasteiger partial charge on any atom is -0.462 e. The summed E-state index contributed by atoms with van der Waals surface area (Å²) in [5.41, 5.74) is 6.80. The molecule has 4 nitrogen and oxygen atoms in total. The maximum atomic E-state index is 12.3. The molecule has 0 saturated carbocycles. The van der Waals surface area contributed by atoms with Crippen LogP contribution in [0.25, 0.3) is 10.9 Å². The number of aromatic amines is 1. The number of hydrogen-bond acceptors (Lipinski definition) is 3. The van der Waals surface area contributed by atoms with Gasteiger partial charge in [-0.25, -0.2) is 4.79 Å². The van der Waals surface area contributed by atoms with E-state index in [1.165, 1.54) is 33.3 Å². The molecule has 31 heavy (non-hydrogen) atoms. The van der Waals surface area contributed by atoms with Gasteiger partial charge in [0, 0.05) is 29.3 Å². The molecule has 1 aromatic heterocycles. The van der Waals surface area contributed by atoms with Gasteiger partial charge in [-0.05, 0) is 60.7 Å². The van der Waals surface area contributed by atoms with E-state index >= 15 is 0 Å². The average molecular weight is 411 g/mol. The first-order chi connectivity index (χ1) is 15.2. The zero-order valence-corrected chi connectivity index (χ0v) is 17.7. The van der Waals surface area contributed by atoms with Crippen molar-refractivity contribution in [3.05, 3.63) is 101 Å². The molecule has 0 aliphatic carbocycles. The van der Waals surface area contributed by atoms with E-state index in [-0.39, 0.29) is 12.0 Å². The van der Waals surface area contributed by atoms with Gasteiger partial charge in [0.15, 0.2) is 0 Å². The van der Waals surface area contributed by atoms with Crippen molar-refractivity contribution in [2.75, 3.05) is 11.5 Å².